The third kappa shape index (κ3) is 4.85. The second-order valence-corrected chi connectivity index (χ2v) is 6.57. The van der Waals surface area contributed by atoms with Gasteiger partial charge in [-0.3, -0.25) is 0 Å². The van der Waals surface area contributed by atoms with Crippen molar-refractivity contribution in [3.05, 3.63) is 68.1 Å². The second-order valence-electron chi connectivity index (χ2n) is 4.84. The zero-order valence-corrected chi connectivity index (χ0v) is 15.8. The number of hydrogen-bond acceptors (Lipinski definition) is 2. The lowest BCUT2D eigenvalue weighted by Gasteiger charge is -2.24. The highest BCUT2D eigenvalue weighted by Gasteiger charge is 2.23. The number of aliphatic hydroxyl groups excluding tert-OH is 1. The third-order valence-corrected chi connectivity index (χ3v) is 4.60. The van der Waals surface area contributed by atoms with Crippen LogP contribution in [0, 0.1) is 0 Å². The molecule has 0 fully saturated rings. The van der Waals surface area contributed by atoms with Gasteiger partial charge in [0.2, 0.25) is 0 Å². The fourth-order valence-corrected chi connectivity index (χ4v) is 3.02. The van der Waals surface area contributed by atoms with Crippen LogP contribution in [0.5, 0.6) is 0 Å². The van der Waals surface area contributed by atoms with Crippen LogP contribution < -0.4 is 5.32 Å². The van der Waals surface area contributed by atoms with Crippen LogP contribution in [-0.4, -0.2) is 18.7 Å². The lowest BCUT2D eigenvalue weighted by atomic mass is 9.89. The van der Waals surface area contributed by atoms with E-state index in [0.29, 0.717) is 16.6 Å². The van der Waals surface area contributed by atoms with Gasteiger partial charge >= 0.3 is 0 Å². The van der Waals surface area contributed by atoms with Crippen molar-refractivity contribution in [3.8, 4) is 0 Å². The lowest BCUT2D eigenvalue weighted by Crippen LogP contribution is -2.23. The molecule has 2 atom stereocenters. The molecular weight excluding hydrogens is 408 g/mol. The Labute approximate surface area is 155 Å². The number of likely N-dealkylation sites (N-methyl/N-ethyl adjacent to an activating group) is 1. The van der Waals surface area contributed by atoms with Gasteiger partial charge in [-0.25, -0.2) is 0 Å². The average Bonchev–Trinajstić information content (AvgIpc) is 2.47. The van der Waals surface area contributed by atoms with E-state index in [1.54, 1.807) is 6.07 Å². The number of aliphatic hydroxyl groups is 1. The normalized spacial score (nSPS) is 13.3. The molecule has 0 aliphatic heterocycles. The van der Waals surface area contributed by atoms with Crippen molar-refractivity contribution in [2.45, 2.75) is 12.0 Å². The summed E-state index contributed by atoms with van der Waals surface area (Å²) in [5.74, 6) is -0.112. The molecule has 2 rings (SSSR count). The zero-order valence-electron chi connectivity index (χ0n) is 11.9. The third-order valence-electron chi connectivity index (χ3n) is 3.37. The van der Waals surface area contributed by atoms with E-state index in [-0.39, 0.29) is 18.3 Å². The minimum Gasteiger partial charge on any atom is -0.388 e. The van der Waals surface area contributed by atoms with Gasteiger partial charge in [-0.05, 0) is 42.4 Å². The van der Waals surface area contributed by atoms with E-state index >= 15 is 0 Å². The zero-order chi connectivity index (χ0) is 15.4. The summed E-state index contributed by atoms with van der Waals surface area (Å²) in [5.41, 5.74) is 1.81. The predicted molar refractivity (Wildman–Crippen MR) is 99.5 cm³/mol. The highest BCUT2D eigenvalue weighted by molar-refractivity contribution is 9.10. The summed E-state index contributed by atoms with van der Waals surface area (Å²) in [6, 6.07) is 13.1. The van der Waals surface area contributed by atoms with Crippen molar-refractivity contribution < 1.29 is 5.11 Å². The number of halogens is 4. The fourth-order valence-electron chi connectivity index (χ4n) is 2.30. The van der Waals surface area contributed by atoms with Crippen LogP contribution in [0.3, 0.4) is 0 Å². The molecule has 0 radical (unpaired) electrons. The molecule has 0 amide bonds. The first-order valence-electron chi connectivity index (χ1n) is 6.56. The van der Waals surface area contributed by atoms with Gasteiger partial charge in [0.25, 0.3) is 0 Å². The Morgan fingerprint density at radius 1 is 1.09 bits per heavy atom. The Morgan fingerprint density at radius 2 is 1.82 bits per heavy atom. The maximum atomic E-state index is 10.7. The van der Waals surface area contributed by atoms with E-state index in [4.69, 9.17) is 23.2 Å². The van der Waals surface area contributed by atoms with E-state index in [1.165, 1.54) is 0 Å². The predicted octanol–water partition coefficient (Wildman–Crippen LogP) is 5.21. The second kappa shape index (κ2) is 9.11. The molecule has 0 unspecified atom stereocenters. The first-order valence-corrected chi connectivity index (χ1v) is 8.11. The lowest BCUT2D eigenvalue weighted by molar-refractivity contribution is 0.144. The van der Waals surface area contributed by atoms with E-state index in [0.717, 1.165) is 15.6 Å². The minimum absolute atomic E-state index is 0. The smallest absolute Gasteiger partial charge is 0.0871 e. The molecule has 22 heavy (non-hydrogen) atoms. The number of hydrogen-bond donors (Lipinski definition) is 2. The van der Waals surface area contributed by atoms with Crippen LogP contribution in [0.15, 0.2) is 46.9 Å². The van der Waals surface area contributed by atoms with Gasteiger partial charge in [0.1, 0.15) is 0 Å². The molecule has 2 aromatic carbocycles. The average molecular weight is 426 g/mol. The molecule has 0 saturated heterocycles. The molecule has 2 nitrogen and oxygen atoms in total. The maximum absolute atomic E-state index is 10.7. The molecule has 0 saturated carbocycles. The van der Waals surface area contributed by atoms with Crippen molar-refractivity contribution in [3.63, 3.8) is 0 Å². The van der Waals surface area contributed by atoms with Crippen molar-refractivity contribution in [1.82, 2.24) is 5.32 Å². The van der Waals surface area contributed by atoms with E-state index < -0.39 is 6.10 Å². The molecule has 0 aromatic heterocycles. The Kier molecular flexibility index (Phi) is 8.19. The van der Waals surface area contributed by atoms with Gasteiger partial charge in [0, 0.05) is 16.9 Å². The summed E-state index contributed by atoms with van der Waals surface area (Å²) in [7, 11) is 1.86. The van der Waals surface area contributed by atoms with Crippen LogP contribution in [0.2, 0.25) is 10.0 Å². The van der Waals surface area contributed by atoms with Gasteiger partial charge in [-0.1, -0.05) is 57.3 Å². The Hall–Kier alpha value is -0.290. The van der Waals surface area contributed by atoms with E-state index in [2.05, 4.69) is 21.2 Å². The number of benzene rings is 2. The van der Waals surface area contributed by atoms with Gasteiger partial charge in [0.05, 0.1) is 16.1 Å². The molecule has 0 heterocycles. The quantitative estimate of drug-likeness (QED) is 0.689. The SMILES string of the molecule is CNC[C@@H](c1ccc(Cl)c(Cl)c1)[C@@H](O)c1cccc(Br)c1.Cl. The van der Waals surface area contributed by atoms with Crippen molar-refractivity contribution in [2.75, 3.05) is 13.6 Å². The molecule has 120 valence electrons. The summed E-state index contributed by atoms with van der Waals surface area (Å²) in [6.07, 6.45) is -0.632. The van der Waals surface area contributed by atoms with Crippen molar-refractivity contribution >= 4 is 51.5 Å². The monoisotopic (exact) mass is 423 g/mol. The molecule has 2 N–H and O–H groups in total. The Balaban J connectivity index is 0.00000242. The van der Waals surface area contributed by atoms with Crippen LogP contribution in [0.25, 0.3) is 0 Å². The van der Waals surface area contributed by atoms with Crippen LogP contribution in [0.4, 0.5) is 0 Å². The number of rotatable bonds is 5. The van der Waals surface area contributed by atoms with Crippen LogP contribution in [0.1, 0.15) is 23.1 Å². The molecule has 0 aliphatic rings. The van der Waals surface area contributed by atoms with Gasteiger partial charge in [0.15, 0.2) is 0 Å². The van der Waals surface area contributed by atoms with Crippen LogP contribution in [-0.2, 0) is 0 Å². The summed E-state index contributed by atoms with van der Waals surface area (Å²) < 4.78 is 0.941. The molecule has 2 aromatic rings. The minimum atomic E-state index is -0.632. The van der Waals surface area contributed by atoms with Gasteiger partial charge in [-0.15, -0.1) is 12.4 Å². The summed E-state index contributed by atoms with van der Waals surface area (Å²) in [5, 5.41) is 14.8. The first kappa shape index (κ1) is 19.8. The molecule has 0 bridgehead atoms. The van der Waals surface area contributed by atoms with E-state index in [1.807, 2.05) is 43.4 Å². The highest BCUT2D eigenvalue weighted by Crippen LogP contribution is 2.34. The number of nitrogens with one attached hydrogen (secondary N) is 1. The molecule has 6 heteroatoms. The van der Waals surface area contributed by atoms with Gasteiger partial charge in [-0.2, -0.15) is 0 Å². The van der Waals surface area contributed by atoms with Crippen molar-refractivity contribution in [1.29, 1.82) is 0 Å². The molecule has 0 spiro atoms. The van der Waals surface area contributed by atoms with E-state index in [9.17, 15) is 5.11 Å². The highest BCUT2D eigenvalue weighted by atomic mass is 79.9. The van der Waals surface area contributed by atoms with Crippen molar-refractivity contribution in [2.24, 2.45) is 0 Å². The first-order chi connectivity index (χ1) is 10.0. The topological polar surface area (TPSA) is 32.3 Å². The molecular formula is C16H17BrCl3NO. The summed E-state index contributed by atoms with van der Waals surface area (Å²) in [6.45, 7) is 0.631. The standard InChI is InChI=1S/C16H16BrCl2NO.ClH/c1-20-9-13(10-5-6-14(18)15(19)8-10)16(21)11-3-2-4-12(17)7-11;/h2-8,13,16,20-21H,9H2,1H3;1H/t13-,16-;/m0./s1. The largest absolute Gasteiger partial charge is 0.388 e. The summed E-state index contributed by atoms with van der Waals surface area (Å²) >= 11 is 15.5. The fraction of sp³-hybridized carbons (Fsp3) is 0.250. The molecule has 0 aliphatic carbocycles. The Bertz CT molecular complexity index is 624. The Morgan fingerprint density at radius 3 is 2.41 bits per heavy atom. The summed E-state index contributed by atoms with van der Waals surface area (Å²) in [4.78, 5) is 0. The van der Waals surface area contributed by atoms with Gasteiger partial charge < -0.3 is 10.4 Å². The maximum Gasteiger partial charge on any atom is 0.0871 e. The van der Waals surface area contributed by atoms with Crippen LogP contribution >= 0.6 is 51.5 Å².